The zero-order valence-corrected chi connectivity index (χ0v) is 16.7. The molecule has 0 spiro atoms. The summed E-state index contributed by atoms with van der Waals surface area (Å²) in [5.41, 5.74) is 2.05. The minimum absolute atomic E-state index is 0.0452. The summed E-state index contributed by atoms with van der Waals surface area (Å²) in [4.78, 5) is 14.9. The lowest BCUT2D eigenvalue weighted by molar-refractivity contribution is 0.0689. The molecule has 1 aromatic carbocycles. The fourth-order valence-electron chi connectivity index (χ4n) is 2.67. The van der Waals surface area contributed by atoms with Gasteiger partial charge in [-0.15, -0.1) is 0 Å². The van der Waals surface area contributed by atoms with Crippen molar-refractivity contribution in [3.63, 3.8) is 0 Å². The van der Waals surface area contributed by atoms with Crippen LogP contribution in [0, 0.1) is 6.92 Å². The Bertz CT molecular complexity index is 888. The number of aromatic nitrogens is 2. The number of hydrogen-bond acceptors (Lipinski definition) is 4. The van der Waals surface area contributed by atoms with E-state index in [4.69, 9.17) is 0 Å². The van der Waals surface area contributed by atoms with Gasteiger partial charge >= 0.3 is 0 Å². The number of nitrogens with one attached hydrogen (secondary N) is 1. The molecule has 0 aliphatic carbocycles. The second-order valence-electron chi connectivity index (χ2n) is 6.53. The molecule has 0 aliphatic rings. The summed E-state index contributed by atoms with van der Waals surface area (Å²) in [6, 6.07) is 4.59. The van der Waals surface area contributed by atoms with Crippen molar-refractivity contribution in [1.29, 1.82) is 0 Å². The van der Waals surface area contributed by atoms with Gasteiger partial charge in [0.1, 0.15) is 0 Å². The van der Waals surface area contributed by atoms with Crippen LogP contribution in [0.1, 0.15) is 42.3 Å². The maximum absolute atomic E-state index is 13.1. The van der Waals surface area contributed by atoms with E-state index in [-0.39, 0.29) is 16.8 Å². The van der Waals surface area contributed by atoms with E-state index in [9.17, 15) is 13.2 Å². The Kier molecular flexibility index (Phi) is 6.20. The molecule has 2 aromatic rings. The highest BCUT2D eigenvalue weighted by atomic mass is 32.2. The van der Waals surface area contributed by atoms with Gasteiger partial charge in [0, 0.05) is 43.5 Å². The standard InChI is InChI=1S/C18H26N4O3S/c1-6-20-26(24,25)16-8-7-14(4)17(9-16)18(23)22(13(2)3)12-15-10-19-21(5)11-15/h7-11,13,20H,6,12H2,1-5H3. The normalized spacial score (nSPS) is 11.8. The molecule has 1 amide bonds. The maximum Gasteiger partial charge on any atom is 0.254 e. The molecule has 1 N–H and O–H groups in total. The van der Waals surface area contributed by atoms with Crippen LogP contribution in [0.4, 0.5) is 0 Å². The van der Waals surface area contributed by atoms with E-state index >= 15 is 0 Å². The molecular formula is C18H26N4O3S. The van der Waals surface area contributed by atoms with Gasteiger partial charge in [0.05, 0.1) is 11.1 Å². The van der Waals surface area contributed by atoms with Crippen molar-refractivity contribution in [3.8, 4) is 0 Å². The number of carbonyl (C=O) groups excluding carboxylic acids is 1. The van der Waals surface area contributed by atoms with Crippen LogP contribution >= 0.6 is 0 Å². The molecule has 1 heterocycles. The lowest BCUT2D eigenvalue weighted by atomic mass is 10.1. The number of hydrogen-bond donors (Lipinski definition) is 1. The molecule has 0 radical (unpaired) electrons. The Balaban J connectivity index is 2.39. The Morgan fingerprint density at radius 2 is 2.04 bits per heavy atom. The number of sulfonamides is 1. The first-order valence-electron chi connectivity index (χ1n) is 8.54. The first kappa shape index (κ1) is 20.1. The lowest BCUT2D eigenvalue weighted by Crippen LogP contribution is -2.37. The third kappa shape index (κ3) is 4.50. The minimum atomic E-state index is -3.62. The number of rotatable bonds is 7. The van der Waals surface area contributed by atoms with Crippen LogP contribution in [0.5, 0.6) is 0 Å². The summed E-state index contributed by atoms with van der Waals surface area (Å²) in [5, 5.41) is 4.14. The lowest BCUT2D eigenvalue weighted by Gasteiger charge is -2.27. The average molecular weight is 378 g/mol. The van der Waals surface area contributed by atoms with Crippen LogP contribution in [0.2, 0.25) is 0 Å². The highest BCUT2D eigenvalue weighted by Crippen LogP contribution is 2.20. The maximum atomic E-state index is 13.1. The second-order valence-corrected chi connectivity index (χ2v) is 8.29. The van der Waals surface area contributed by atoms with Crippen LogP contribution in [0.25, 0.3) is 0 Å². The molecule has 0 fully saturated rings. The smallest absolute Gasteiger partial charge is 0.254 e. The van der Waals surface area contributed by atoms with E-state index in [1.807, 2.05) is 27.1 Å². The summed E-state index contributed by atoms with van der Waals surface area (Å²) in [5.74, 6) is -0.199. The molecule has 8 heteroatoms. The fraction of sp³-hybridized carbons (Fsp3) is 0.444. The molecular weight excluding hydrogens is 352 g/mol. The fourth-order valence-corrected chi connectivity index (χ4v) is 3.73. The van der Waals surface area contributed by atoms with Gasteiger partial charge in [-0.2, -0.15) is 5.10 Å². The zero-order chi connectivity index (χ0) is 19.5. The SMILES string of the molecule is CCNS(=O)(=O)c1ccc(C)c(C(=O)N(Cc2cnn(C)c2)C(C)C)c1. The molecule has 0 saturated carbocycles. The third-order valence-corrected chi connectivity index (χ3v) is 5.62. The number of benzene rings is 1. The number of aryl methyl sites for hydroxylation is 2. The first-order valence-corrected chi connectivity index (χ1v) is 10.0. The number of carbonyl (C=O) groups is 1. The molecule has 0 aliphatic heterocycles. The van der Waals surface area contributed by atoms with E-state index in [2.05, 4.69) is 9.82 Å². The predicted molar refractivity (Wildman–Crippen MR) is 100 cm³/mol. The molecule has 0 atom stereocenters. The van der Waals surface area contributed by atoms with Crippen LogP contribution in [0.3, 0.4) is 0 Å². The summed E-state index contributed by atoms with van der Waals surface area (Å²) < 4.78 is 28.7. The van der Waals surface area contributed by atoms with Gasteiger partial charge in [-0.1, -0.05) is 13.0 Å². The molecule has 142 valence electrons. The molecule has 0 saturated heterocycles. The summed E-state index contributed by atoms with van der Waals surface area (Å²) >= 11 is 0. The Morgan fingerprint density at radius 3 is 2.58 bits per heavy atom. The summed E-state index contributed by atoms with van der Waals surface area (Å²) in [7, 11) is -1.80. The minimum Gasteiger partial charge on any atom is -0.332 e. The van der Waals surface area contributed by atoms with Gasteiger partial charge in [0.25, 0.3) is 5.91 Å². The second kappa shape index (κ2) is 8.01. The van der Waals surface area contributed by atoms with Crippen LogP contribution in [-0.2, 0) is 23.6 Å². The van der Waals surface area contributed by atoms with Crippen molar-refractivity contribution in [2.75, 3.05) is 6.54 Å². The topological polar surface area (TPSA) is 84.3 Å². The first-order chi connectivity index (χ1) is 12.2. The van der Waals surface area contributed by atoms with Crippen molar-refractivity contribution in [3.05, 3.63) is 47.3 Å². The summed E-state index contributed by atoms with van der Waals surface area (Å²) in [6.07, 6.45) is 3.59. The zero-order valence-electron chi connectivity index (χ0n) is 15.9. The quantitative estimate of drug-likeness (QED) is 0.799. The van der Waals surface area contributed by atoms with Crippen LogP contribution in [-0.4, -0.2) is 41.6 Å². The molecule has 0 unspecified atom stereocenters. The molecule has 0 bridgehead atoms. The Hall–Kier alpha value is -2.19. The van der Waals surface area contributed by atoms with E-state index in [1.165, 1.54) is 12.1 Å². The number of amides is 1. The van der Waals surface area contributed by atoms with Gasteiger partial charge < -0.3 is 4.90 Å². The molecule has 2 rings (SSSR count). The predicted octanol–water partition coefficient (Wildman–Crippen LogP) is 2.08. The van der Waals surface area contributed by atoms with E-state index in [0.717, 1.165) is 11.1 Å². The average Bonchev–Trinajstić information content (AvgIpc) is 2.97. The number of nitrogens with zero attached hydrogens (tertiary/aromatic N) is 3. The van der Waals surface area contributed by atoms with E-state index in [1.54, 1.807) is 35.7 Å². The van der Waals surface area contributed by atoms with E-state index in [0.29, 0.717) is 18.7 Å². The monoisotopic (exact) mass is 378 g/mol. The largest absolute Gasteiger partial charge is 0.332 e. The third-order valence-electron chi connectivity index (χ3n) is 4.08. The van der Waals surface area contributed by atoms with Crippen LogP contribution in [0.15, 0.2) is 35.5 Å². The van der Waals surface area contributed by atoms with Gasteiger partial charge in [-0.25, -0.2) is 13.1 Å². The highest BCUT2D eigenvalue weighted by molar-refractivity contribution is 7.89. The Morgan fingerprint density at radius 1 is 1.35 bits per heavy atom. The molecule has 26 heavy (non-hydrogen) atoms. The summed E-state index contributed by atoms with van der Waals surface area (Å²) in [6.45, 7) is 8.09. The van der Waals surface area contributed by atoms with Crippen molar-refractivity contribution in [1.82, 2.24) is 19.4 Å². The van der Waals surface area contributed by atoms with Gasteiger partial charge in [0.15, 0.2) is 0 Å². The van der Waals surface area contributed by atoms with Gasteiger partial charge in [-0.3, -0.25) is 9.48 Å². The molecule has 7 nitrogen and oxygen atoms in total. The Labute approximate surface area is 155 Å². The van der Waals surface area contributed by atoms with Gasteiger partial charge in [-0.05, 0) is 38.5 Å². The van der Waals surface area contributed by atoms with Crippen molar-refractivity contribution in [2.45, 2.75) is 45.2 Å². The highest BCUT2D eigenvalue weighted by Gasteiger charge is 2.23. The molecule has 1 aromatic heterocycles. The van der Waals surface area contributed by atoms with Crippen molar-refractivity contribution < 1.29 is 13.2 Å². The van der Waals surface area contributed by atoms with Crippen molar-refractivity contribution >= 4 is 15.9 Å². The van der Waals surface area contributed by atoms with E-state index < -0.39 is 10.0 Å². The van der Waals surface area contributed by atoms with Crippen molar-refractivity contribution in [2.24, 2.45) is 7.05 Å². The van der Waals surface area contributed by atoms with Crippen LogP contribution < -0.4 is 4.72 Å². The van der Waals surface area contributed by atoms with Gasteiger partial charge in [0.2, 0.25) is 10.0 Å².